The molecule has 0 aliphatic carbocycles. The van der Waals surface area contributed by atoms with Crippen LogP contribution < -0.4 is 5.73 Å². The Kier molecular flexibility index (Phi) is 3.75. The molecule has 0 spiro atoms. The maximum atomic E-state index is 5.51. The minimum Gasteiger partial charge on any atom is -0.416 e. The Hall–Kier alpha value is -1.40. The SMILES string of the molecule is Cc1nnc(Sc2ncc(CCN)cc2C)o1. The number of nitrogens with two attached hydrogens (primary N) is 1. The molecule has 0 aromatic carbocycles. The molecular formula is C11H14N4OS. The molecule has 5 nitrogen and oxygen atoms in total. The smallest absolute Gasteiger partial charge is 0.282 e. The van der Waals surface area contributed by atoms with Gasteiger partial charge < -0.3 is 10.2 Å². The van der Waals surface area contributed by atoms with Crippen molar-refractivity contribution in [3.05, 3.63) is 29.3 Å². The van der Waals surface area contributed by atoms with Gasteiger partial charge in [0.2, 0.25) is 5.89 Å². The van der Waals surface area contributed by atoms with Crippen LogP contribution in [0.1, 0.15) is 17.0 Å². The number of hydrogen-bond acceptors (Lipinski definition) is 6. The molecule has 0 atom stereocenters. The fraction of sp³-hybridized carbons (Fsp3) is 0.364. The predicted molar refractivity (Wildman–Crippen MR) is 64.9 cm³/mol. The van der Waals surface area contributed by atoms with Gasteiger partial charge in [-0.1, -0.05) is 6.07 Å². The lowest BCUT2D eigenvalue weighted by Gasteiger charge is -2.04. The number of rotatable bonds is 4. The van der Waals surface area contributed by atoms with Crippen LogP contribution in [-0.4, -0.2) is 21.7 Å². The highest BCUT2D eigenvalue weighted by atomic mass is 32.2. The summed E-state index contributed by atoms with van der Waals surface area (Å²) in [5.74, 6) is 0.560. The van der Waals surface area contributed by atoms with Crippen LogP contribution >= 0.6 is 11.8 Å². The molecule has 0 aliphatic rings. The van der Waals surface area contributed by atoms with Gasteiger partial charge in [-0.2, -0.15) is 0 Å². The van der Waals surface area contributed by atoms with Gasteiger partial charge in [-0.05, 0) is 42.8 Å². The Labute approximate surface area is 104 Å². The number of aromatic nitrogens is 3. The highest BCUT2D eigenvalue weighted by Gasteiger charge is 2.09. The summed E-state index contributed by atoms with van der Waals surface area (Å²) in [5.41, 5.74) is 7.75. The summed E-state index contributed by atoms with van der Waals surface area (Å²) in [6.07, 6.45) is 2.68. The zero-order valence-electron chi connectivity index (χ0n) is 9.80. The Balaban J connectivity index is 2.16. The predicted octanol–water partition coefficient (Wildman–Crippen LogP) is 1.73. The summed E-state index contributed by atoms with van der Waals surface area (Å²) < 4.78 is 5.30. The summed E-state index contributed by atoms with van der Waals surface area (Å²) in [5, 5.41) is 9.11. The van der Waals surface area contributed by atoms with Crippen molar-refractivity contribution >= 4 is 11.8 Å². The van der Waals surface area contributed by atoms with E-state index in [0.29, 0.717) is 17.7 Å². The van der Waals surface area contributed by atoms with Gasteiger partial charge in [0.25, 0.3) is 5.22 Å². The second-order valence-corrected chi connectivity index (χ2v) is 4.63. The van der Waals surface area contributed by atoms with Gasteiger partial charge in [-0.25, -0.2) is 4.98 Å². The molecule has 17 heavy (non-hydrogen) atoms. The quantitative estimate of drug-likeness (QED) is 0.890. The van der Waals surface area contributed by atoms with E-state index in [2.05, 4.69) is 21.2 Å². The van der Waals surface area contributed by atoms with Crippen LogP contribution in [0, 0.1) is 13.8 Å². The van der Waals surface area contributed by atoms with Crippen LogP contribution in [0.3, 0.4) is 0 Å². The van der Waals surface area contributed by atoms with Crippen molar-refractivity contribution in [1.29, 1.82) is 0 Å². The third-order valence-electron chi connectivity index (χ3n) is 2.21. The van der Waals surface area contributed by atoms with Crippen LogP contribution in [0.15, 0.2) is 26.9 Å². The molecule has 2 N–H and O–H groups in total. The van der Waals surface area contributed by atoms with Crippen molar-refractivity contribution < 1.29 is 4.42 Å². The van der Waals surface area contributed by atoms with E-state index in [9.17, 15) is 0 Å². The van der Waals surface area contributed by atoms with Crippen LogP contribution in [0.5, 0.6) is 0 Å². The second-order valence-electron chi connectivity index (χ2n) is 3.69. The number of nitrogens with zero attached hydrogens (tertiary/aromatic N) is 3. The van der Waals surface area contributed by atoms with Crippen molar-refractivity contribution in [3.8, 4) is 0 Å². The van der Waals surface area contributed by atoms with Gasteiger partial charge in [-0.15, -0.1) is 10.2 Å². The molecule has 2 aromatic rings. The Morgan fingerprint density at radius 3 is 2.76 bits per heavy atom. The minimum atomic E-state index is 0.518. The van der Waals surface area contributed by atoms with Crippen molar-refractivity contribution in [2.45, 2.75) is 30.5 Å². The van der Waals surface area contributed by atoms with E-state index in [0.717, 1.165) is 22.6 Å². The molecule has 0 saturated carbocycles. The molecule has 0 saturated heterocycles. The van der Waals surface area contributed by atoms with E-state index in [1.807, 2.05) is 13.1 Å². The number of pyridine rings is 1. The molecule has 6 heteroatoms. The molecule has 2 heterocycles. The van der Waals surface area contributed by atoms with Gasteiger partial charge in [0.05, 0.1) is 0 Å². The lowest BCUT2D eigenvalue weighted by molar-refractivity contribution is 0.429. The first kappa shape index (κ1) is 12.1. The monoisotopic (exact) mass is 250 g/mol. The summed E-state index contributed by atoms with van der Waals surface area (Å²) in [4.78, 5) is 4.38. The van der Waals surface area contributed by atoms with Crippen LogP contribution in [0.2, 0.25) is 0 Å². The van der Waals surface area contributed by atoms with Gasteiger partial charge >= 0.3 is 0 Å². The fourth-order valence-electron chi connectivity index (χ4n) is 1.43. The molecular weight excluding hydrogens is 236 g/mol. The van der Waals surface area contributed by atoms with Crippen LogP contribution in [-0.2, 0) is 6.42 Å². The van der Waals surface area contributed by atoms with E-state index in [-0.39, 0.29) is 0 Å². The van der Waals surface area contributed by atoms with Crippen molar-refractivity contribution in [2.24, 2.45) is 5.73 Å². The van der Waals surface area contributed by atoms with E-state index < -0.39 is 0 Å². The van der Waals surface area contributed by atoms with Gasteiger partial charge in [0, 0.05) is 13.1 Å². The lowest BCUT2D eigenvalue weighted by Crippen LogP contribution is -2.03. The fourth-order valence-corrected chi connectivity index (χ4v) is 2.17. The normalized spacial score (nSPS) is 10.8. The second kappa shape index (κ2) is 5.29. The first-order valence-electron chi connectivity index (χ1n) is 5.32. The first-order chi connectivity index (χ1) is 8.19. The summed E-state index contributed by atoms with van der Waals surface area (Å²) >= 11 is 1.38. The summed E-state index contributed by atoms with van der Waals surface area (Å²) in [6, 6.07) is 2.09. The minimum absolute atomic E-state index is 0.518. The number of hydrogen-bond donors (Lipinski definition) is 1. The maximum absolute atomic E-state index is 5.51. The molecule has 90 valence electrons. The Morgan fingerprint density at radius 1 is 1.35 bits per heavy atom. The molecule has 0 unspecified atom stereocenters. The molecule has 0 bridgehead atoms. The van der Waals surface area contributed by atoms with Gasteiger partial charge in [-0.3, -0.25) is 0 Å². The molecule has 0 radical (unpaired) electrons. The first-order valence-corrected chi connectivity index (χ1v) is 6.14. The number of aryl methyl sites for hydroxylation is 2. The average molecular weight is 250 g/mol. The van der Waals surface area contributed by atoms with Crippen molar-refractivity contribution in [1.82, 2.24) is 15.2 Å². The molecule has 0 amide bonds. The highest BCUT2D eigenvalue weighted by Crippen LogP contribution is 2.27. The lowest BCUT2D eigenvalue weighted by atomic mass is 10.2. The summed E-state index contributed by atoms with van der Waals surface area (Å²) in [7, 11) is 0. The van der Waals surface area contributed by atoms with E-state index in [4.69, 9.17) is 10.2 Å². The third-order valence-corrected chi connectivity index (χ3v) is 3.17. The Bertz CT molecular complexity index is 512. The standard InChI is InChI=1S/C11H14N4OS/c1-7-5-9(3-4-12)6-13-10(7)17-11-15-14-8(2)16-11/h5-6H,3-4,12H2,1-2H3. The molecule has 2 rings (SSSR count). The molecule has 0 fully saturated rings. The van der Waals surface area contributed by atoms with E-state index in [1.54, 1.807) is 6.92 Å². The van der Waals surface area contributed by atoms with Crippen molar-refractivity contribution in [3.63, 3.8) is 0 Å². The van der Waals surface area contributed by atoms with E-state index in [1.165, 1.54) is 11.8 Å². The largest absolute Gasteiger partial charge is 0.416 e. The topological polar surface area (TPSA) is 77.8 Å². The van der Waals surface area contributed by atoms with E-state index >= 15 is 0 Å². The highest BCUT2D eigenvalue weighted by molar-refractivity contribution is 7.99. The van der Waals surface area contributed by atoms with Crippen molar-refractivity contribution in [2.75, 3.05) is 6.54 Å². The van der Waals surface area contributed by atoms with Gasteiger partial charge in [0.1, 0.15) is 5.03 Å². The summed E-state index contributed by atoms with van der Waals surface area (Å²) in [6.45, 7) is 4.41. The Morgan fingerprint density at radius 2 is 2.18 bits per heavy atom. The zero-order chi connectivity index (χ0) is 12.3. The maximum Gasteiger partial charge on any atom is 0.282 e. The molecule has 2 aromatic heterocycles. The van der Waals surface area contributed by atoms with Crippen LogP contribution in [0.25, 0.3) is 0 Å². The van der Waals surface area contributed by atoms with Crippen LogP contribution in [0.4, 0.5) is 0 Å². The molecule has 0 aliphatic heterocycles. The zero-order valence-corrected chi connectivity index (χ0v) is 10.6. The average Bonchev–Trinajstić information content (AvgIpc) is 2.69. The van der Waals surface area contributed by atoms with Gasteiger partial charge in [0.15, 0.2) is 0 Å². The third kappa shape index (κ3) is 3.04.